The van der Waals surface area contributed by atoms with Crippen LogP contribution in [0.1, 0.15) is 19.8 Å². The fourth-order valence-electron chi connectivity index (χ4n) is 4.68. The molecule has 1 aliphatic heterocycles. The first-order chi connectivity index (χ1) is 17.7. The van der Waals surface area contributed by atoms with Crippen molar-refractivity contribution in [3.8, 4) is 11.1 Å². The molecule has 1 saturated carbocycles. The molecule has 1 saturated heterocycles. The summed E-state index contributed by atoms with van der Waals surface area (Å²) in [6.45, 7) is 7.61. The molecule has 6 rings (SSSR count). The molecule has 2 aromatic carbocycles. The Hall–Kier alpha value is -3.49. The Morgan fingerprint density at radius 1 is 1.06 bits per heavy atom. The Bertz CT molecular complexity index is 1390. The van der Waals surface area contributed by atoms with E-state index in [0.717, 1.165) is 78.3 Å². The molecule has 2 aromatic heterocycles. The van der Waals surface area contributed by atoms with Crippen LogP contribution < -0.4 is 15.5 Å². The number of rotatable bonds is 7. The highest BCUT2D eigenvalue weighted by atomic mass is 32.1. The first-order valence-electron chi connectivity index (χ1n) is 12.7. The topological polar surface area (TPSA) is 73.4 Å². The van der Waals surface area contributed by atoms with Gasteiger partial charge in [-0.05, 0) is 55.3 Å². The smallest absolute Gasteiger partial charge is 0.227 e. The summed E-state index contributed by atoms with van der Waals surface area (Å²) in [6.07, 6.45) is 3.86. The van der Waals surface area contributed by atoms with E-state index in [0.29, 0.717) is 5.95 Å². The van der Waals surface area contributed by atoms with Crippen molar-refractivity contribution in [1.82, 2.24) is 14.9 Å². The molecule has 184 valence electrons. The van der Waals surface area contributed by atoms with Crippen LogP contribution in [0.25, 0.3) is 21.3 Å². The van der Waals surface area contributed by atoms with Gasteiger partial charge in [-0.25, -0.2) is 9.97 Å². The number of aromatic nitrogens is 2. The maximum atomic E-state index is 12.2. The average molecular weight is 499 g/mol. The Morgan fingerprint density at radius 3 is 2.67 bits per heavy atom. The summed E-state index contributed by atoms with van der Waals surface area (Å²) in [7, 11) is 0. The summed E-state index contributed by atoms with van der Waals surface area (Å²) in [5.41, 5.74) is 6.02. The second kappa shape index (κ2) is 9.87. The minimum atomic E-state index is 0.116. The van der Waals surface area contributed by atoms with Crippen molar-refractivity contribution in [2.75, 3.05) is 48.3 Å². The number of nitrogens with one attached hydrogen (secondary N) is 2. The second-order valence-electron chi connectivity index (χ2n) is 9.50. The largest absolute Gasteiger partial charge is 0.369 e. The van der Waals surface area contributed by atoms with Crippen molar-refractivity contribution in [2.45, 2.75) is 19.8 Å². The van der Waals surface area contributed by atoms with Crippen molar-refractivity contribution in [1.29, 1.82) is 0 Å². The number of hydrogen-bond acceptors (Lipinski definition) is 7. The normalized spacial score (nSPS) is 16.3. The maximum Gasteiger partial charge on any atom is 0.227 e. The van der Waals surface area contributed by atoms with Gasteiger partial charge in [0.1, 0.15) is 0 Å². The lowest BCUT2D eigenvalue weighted by Crippen LogP contribution is -2.46. The fraction of sp³-hybridized carbons (Fsp3) is 0.321. The molecule has 2 N–H and O–H groups in total. The molecule has 1 aliphatic carbocycles. The summed E-state index contributed by atoms with van der Waals surface area (Å²) in [5.74, 6) is 0.871. The third-order valence-corrected chi connectivity index (χ3v) is 7.90. The number of likely N-dealkylation sites (N-methyl/N-ethyl adjacent to an activating group) is 1. The SMILES string of the molecule is CCN1CCN(c2cccc(Nc3ncc4scc(-c5cccc(NC(=O)C6CC6)c5)c4n3)c2)CC1. The van der Waals surface area contributed by atoms with Gasteiger partial charge in [0, 0.05) is 60.1 Å². The highest BCUT2D eigenvalue weighted by Gasteiger charge is 2.29. The van der Waals surface area contributed by atoms with Gasteiger partial charge < -0.3 is 20.4 Å². The Morgan fingerprint density at radius 2 is 1.86 bits per heavy atom. The Kier molecular flexibility index (Phi) is 6.29. The standard InChI is InChI=1S/C28H30N6OS/c1-2-33-11-13-34(14-12-33)23-8-4-7-22(16-23)31-28-29-17-25-26(32-28)24(18-36-25)20-5-3-6-21(15-20)30-27(35)19-9-10-19/h3-8,15-19H,2,9-14H2,1H3,(H,30,35)(H,29,31,32). The number of piperazine rings is 1. The second-order valence-corrected chi connectivity index (χ2v) is 10.4. The minimum Gasteiger partial charge on any atom is -0.369 e. The molecule has 2 fully saturated rings. The van der Waals surface area contributed by atoms with E-state index in [4.69, 9.17) is 4.98 Å². The molecule has 8 heteroatoms. The number of benzene rings is 2. The number of amides is 1. The molecule has 4 aromatic rings. The Labute approximate surface area is 215 Å². The summed E-state index contributed by atoms with van der Waals surface area (Å²) in [4.78, 5) is 26.6. The van der Waals surface area contributed by atoms with Crippen molar-refractivity contribution in [2.24, 2.45) is 5.92 Å². The van der Waals surface area contributed by atoms with Gasteiger partial charge in [-0.15, -0.1) is 11.3 Å². The van der Waals surface area contributed by atoms with Gasteiger partial charge >= 0.3 is 0 Å². The molecule has 1 amide bonds. The van der Waals surface area contributed by atoms with E-state index in [1.807, 2.05) is 24.4 Å². The summed E-state index contributed by atoms with van der Waals surface area (Å²) >= 11 is 1.63. The number of anilines is 4. The van der Waals surface area contributed by atoms with Crippen molar-refractivity contribution >= 4 is 50.5 Å². The molecule has 0 bridgehead atoms. The number of nitrogens with zero attached hydrogens (tertiary/aromatic N) is 4. The molecule has 7 nitrogen and oxygen atoms in total. The van der Waals surface area contributed by atoms with Gasteiger partial charge in [-0.2, -0.15) is 0 Å². The zero-order chi connectivity index (χ0) is 24.5. The highest BCUT2D eigenvalue weighted by Crippen LogP contribution is 2.35. The van der Waals surface area contributed by atoms with E-state index >= 15 is 0 Å². The molecule has 0 unspecified atom stereocenters. The van der Waals surface area contributed by atoms with Crippen LogP contribution in [0.4, 0.5) is 23.0 Å². The van der Waals surface area contributed by atoms with E-state index in [1.54, 1.807) is 11.3 Å². The van der Waals surface area contributed by atoms with E-state index in [2.05, 4.69) is 68.1 Å². The van der Waals surface area contributed by atoms with Crippen LogP contribution in [0, 0.1) is 5.92 Å². The fourth-order valence-corrected chi connectivity index (χ4v) is 5.55. The summed E-state index contributed by atoms with van der Waals surface area (Å²) in [6, 6.07) is 16.5. The first-order valence-corrected chi connectivity index (χ1v) is 13.5. The van der Waals surface area contributed by atoms with E-state index in [9.17, 15) is 4.79 Å². The van der Waals surface area contributed by atoms with Gasteiger partial charge in [0.05, 0.1) is 16.4 Å². The van der Waals surface area contributed by atoms with E-state index < -0.39 is 0 Å². The predicted molar refractivity (Wildman–Crippen MR) is 148 cm³/mol. The lowest BCUT2D eigenvalue weighted by Gasteiger charge is -2.35. The summed E-state index contributed by atoms with van der Waals surface area (Å²) < 4.78 is 1.03. The monoisotopic (exact) mass is 498 g/mol. The number of fused-ring (bicyclic) bond motifs is 1. The zero-order valence-corrected chi connectivity index (χ0v) is 21.2. The average Bonchev–Trinajstić information content (AvgIpc) is 3.69. The number of carbonyl (C=O) groups is 1. The quantitative estimate of drug-likeness (QED) is 0.346. The summed E-state index contributed by atoms with van der Waals surface area (Å²) in [5, 5.41) is 8.57. The van der Waals surface area contributed by atoms with E-state index in [1.165, 1.54) is 5.69 Å². The lowest BCUT2D eigenvalue weighted by molar-refractivity contribution is -0.117. The van der Waals surface area contributed by atoms with Crippen molar-refractivity contribution in [3.05, 3.63) is 60.1 Å². The molecule has 3 heterocycles. The Balaban J connectivity index is 1.22. The molecule has 0 radical (unpaired) electrons. The van der Waals surface area contributed by atoms with Crippen LogP contribution in [0.3, 0.4) is 0 Å². The van der Waals surface area contributed by atoms with Gasteiger partial charge in [0.25, 0.3) is 0 Å². The number of hydrogen-bond donors (Lipinski definition) is 2. The molecule has 36 heavy (non-hydrogen) atoms. The van der Waals surface area contributed by atoms with Crippen LogP contribution in [0.15, 0.2) is 60.1 Å². The first kappa shape index (κ1) is 22.9. The zero-order valence-electron chi connectivity index (χ0n) is 20.4. The minimum absolute atomic E-state index is 0.116. The highest BCUT2D eigenvalue weighted by molar-refractivity contribution is 7.17. The molecule has 2 aliphatic rings. The van der Waals surface area contributed by atoms with Gasteiger partial charge in [-0.3, -0.25) is 4.79 Å². The van der Waals surface area contributed by atoms with Crippen LogP contribution in [0.5, 0.6) is 0 Å². The molecular formula is C28H30N6OS. The number of thiophene rings is 1. The van der Waals surface area contributed by atoms with Gasteiger partial charge in [0.2, 0.25) is 11.9 Å². The lowest BCUT2D eigenvalue weighted by atomic mass is 10.1. The third-order valence-electron chi connectivity index (χ3n) is 6.99. The van der Waals surface area contributed by atoms with E-state index in [-0.39, 0.29) is 11.8 Å². The molecule has 0 spiro atoms. The van der Waals surface area contributed by atoms with Gasteiger partial charge in [-0.1, -0.05) is 25.1 Å². The molecular weight excluding hydrogens is 468 g/mol. The predicted octanol–water partition coefficient (Wildman–Crippen LogP) is 5.59. The van der Waals surface area contributed by atoms with Crippen LogP contribution in [-0.2, 0) is 4.79 Å². The van der Waals surface area contributed by atoms with Gasteiger partial charge in [0.15, 0.2) is 0 Å². The van der Waals surface area contributed by atoms with Crippen molar-refractivity contribution in [3.63, 3.8) is 0 Å². The van der Waals surface area contributed by atoms with Crippen LogP contribution in [0.2, 0.25) is 0 Å². The molecule has 0 atom stereocenters. The van der Waals surface area contributed by atoms with Crippen molar-refractivity contribution < 1.29 is 4.79 Å². The third kappa shape index (κ3) is 4.92. The maximum absolute atomic E-state index is 12.2. The van der Waals surface area contributed by atoms with Crippen LogP contribution in [-0.4, -0.2) is 53.5 Å². The van der Waals surface area contributed by atoms with Crippen LogP contribution >= 0.6 is 11.3 Å². The number of carbonyl (C=O) groups excluding carboxylic acids is 1.